The van der Waals surface area contributed by atoms with Crippen LogP contribution in [-0.4, -0.2) is 80.8 Å². The lowest BCUT2D eigenvalue weighted by molar-refractivity contribution is -0.205. The van der Waals surface area contributed by atoms with Crippen LogP contribution in [0.1, 0.15) is 33.1 Å². The lowest BCUT2D eigenvalue weighted by Crippen LogP contribution is -2.65. The van der Waals surface area contributed by atoms with Crippen molar-refractivity contribution in [3.05, 3.63) is 0 Å². The summed E-state index contributed by atoms with van der Waals surface area (Å²) in [6.07, 6.45) is -0.347. The van der Waals surface area contributed by atoms with E-state index in [1.165, 1.54) is 11.8 Å². The fraction of sp³-hybridized carbons (Fsp3) is 0.938. The van der Waals surface area contributed by atoms with Gasteiger partial charge in [0.15, 0.2) is 0 Å². The zero-order valence-electron chi connectivity index (χ0n) is 14.8. The number of carbonyl (C=O) groups excluding carboxylic acids is 1. The van der Waals surface area contributed by atoms with Gasteiger partial charge in [-0.1, -0.05) is 0 Å². The van der Waals surface area contributed by atoms with E-state index in [0.717, 1.165) is 19.3 Å². The van der Waals surface area contributed by atoms with Gasteiger partial charge in [0.1, 0.15) is 29.9 Å². The van der Waals surface area contributed by atoms with Crippen LogP contribution in [0.25, 0.3) is 0 Å². The number of halogens is 1. The number of carbonyl (C=O) groups is 1. The molecule has 0 spiro atoms. The average molecular weight is 397 g/mol. The summed E-state index contributed by atoms with van der Waals surface area (Å²) in [4.78, 5) is 12.6. The van der Waals surface area contributed by atoms with E-state index >= 15 is 0 Å². The zero-order chi connectivity index (χ0) is 18.7. The molecular formula is C16H29ClN2O5S. The molecule has 7 unspecified atom stereocenters. The second kappa shape index (κ2) is 9.21. The fourth-order valence-electron chi connectivity index (χ4n) is 3.43. The number of amides is 1. The molecule has 2 saturated heterocycles. The second-order valence-electron chi connectivity index (χ2n) is 6.94. The first-order valence-corrected chi connectivity index (χ1v) is 10.4. The van der Waals surface area contributed by atoms with E-state index in [1.54, 1.807) is 13.2 Å². The summed E-state index contributed by atoms with van der Waals surface area (Å²) in [5.41, 5.74) is -0.703. The Hall–Kier alpha value is -0.0900. The van der Waals surface area contributed by atoms with Crippen molar-refractivity contribution >= 4 is 29.3 Å². The maximum Gasteiger partial charge on any atom is 0.237 e. The molecular weight excluding hydrogens is 368 g/mol. The Kier molecular flexibility index (Phi) is 7.82. The fourth-order valence-corrected chi connectivity index (χ4v) is 4.32. The van der Waals surface area contributed by atoms with Crippen molar-refractivity contribution < 1.29 is 24.9 Å². The predicted octanol–water partition coefficient (Wildman–Crippen LogP) is -0.200. The molecule has 9 atom stereocenters. The number of nitrogens with one attached hydrogen (secondary N) is 2. The Morgan fingerprint density at radius 1 is 1.28 bits per heavy atom. The summed E-state index contributed by atoms with van der Waals surface area (Å²) in [5, 5.41) is 36.0. The molecule has 0 aromatic carbocycles. The number of piperidine rings is 1. The third-order valence-corrected chi connectivity index (χ3v) is 6.05. The van der Waals surface area contributed by atoms with Crippen molar-refractivity contribution in [2.45, 2.75) is 86.5 Å². The molecule has 2 heterocycles. The van der Waals surface area contributed by atoms with Crippen molar-refractivity contribution in [2.24, 2.45) is 0 Å². The number of hydrogen-bond donors (Lipinski definition) is 5. The van der Waals surface area contributed by atoms with E-state index in [2.05, 4.69) is 10.6 Å². The Morgan fingerprint density at radius 3 is 2.52 bits per heavy atom. The van der Waals surface area contributed by atoms with Gasteiger partial charge in [-0.2, -0.15) is 0 Å². The monoisotopic (exact) mass is 396 g/mol. The highest BCUT2D eigenvalue weighted by Crippen LogP contribution is 2.30. The number of ether oxygens (including phenoxy) is 1. The summed E-state index contributed by atoms with van der Waals surface area (Å²) in [5.74, 6) is -0.193. The molecule has 0 saturated carbocycles. The van der Waals surface area contributed by atoms with Gasteiger partial charge in [-0.15, -0.1) is 23.4 Å². The normalized spacial score (nSPS) is 41.8. The minimum absolute atomic E-state index is 0.193. The summed E-state index contributed by atoms with van der Waals surface area (Å²) in [7, 11) is 0. The Balaban J connectivity index is 2.09. The SMILES string of the molecule is CSC1OC(C(NC(=O)[C@H]2CCC[C@@H](C)N2)C(C)Cl)C(O)C(O)C1O. The van der Waals surface area contributed by atoms with Gasteiger partial charge >= 0.3 is 0 Å². The number of rotatable bonds is 5. The van der Waals surface area contributed by atoms with Crippen LogP contribution in [0.15, 0.2) is 0 Å². The van der Waals surface area contributed by atoms with Gasteiger partial charge in [0.2, 0.25) is 5.91 Å². The van der Waals surface area contributed by atoms with Crippen molar-refractivity contribution in [2.75, 3.05) is 6.26 Å². The lowest BCUT2D eigenvalue weighted by atomic mass is 9.92. The van der Waals surface area contributed by atoms with Gasteiger partial charge in [0.25, 0.3) is 0 Å². The van der Waals surface area contributed by atoms with Gasteiger partial charge in [-0.3, -0.25) is 4.79 Å². The number of aliphatic hydroxyl groups excluding tert-OH is 3. The molecule has 9 heteroatoms. The predicted molar refractivity (Wildman–Crippen MR) is 97.7 cm³/mol. The third-order valence-electron chi connectivity index (χ3n) is 4.93. The van der Waals surface area contributed by atoms with Gasteiger partial charge in [0, 0.05) is 6.04 Å². The van der Waals surface area contributed by atoms with Crippen LogP contribution < -0.4 is 10.6 Å². The molecule has 0 aromatic heterocycles. The van der Waals surface area contributed by atoms with Crippen molar-refractivity contribution in [1.82, 2.24) is 10.6 Å². The molecule has 0 bridgehead atoms. The second-order valence-corrected chi connectivity index (χ2v) is 8.56. The molecule has 0 aromatic rings. The van der Waals surface area contributed by atoms with E-state index in [9.17, 15) is 20.1 Å². The molecule has 5 N–H and O–H groups in total. The maximum absolute atomic E-state index is 12.6. The molecule has 0 aliphatic carbocycles. The van der Waals surface area contributed by atoms with Crippen LogP contribution in [-0.2, 0) is 9.53 Å². The number of alkyl halides is 1. The van der Waals surface area contributed by atoms with Crippen LogP contribution in [0.5, 0.6) is 0 Å². The highest BCUT2D eigenvalue weighted by atomic mass is 35.5. The first-order valence-electron chi connectivity index (χ1n) is 8.69. The summed E-state index contributed by atoms with van der Waals surface area (Å²) in [6.45, 7) is 3.74. The summed E-state index contributed by atoms with van der Waals surface area (Å²) in [6, 6.07) is -0.736. The topological polar surface area (TPSA) is 111 Å². The van der Waals surface area contributed by atoms with Crippen molar-refractivity contribution in [1.29, 1.82) is 0 Å². The first kappa shape index (κ1) is 21.2. The standard InChI is InChI=1S/C16H29ClN2O5S/c1-7-5-4-6-9(18-7)15(23)19-10(8(2)17)14-12(21)11(20)13(22)16(24-14)25-3/h7-14,16,18,20-22H,4-6H2,1-3H3,(H,19,23)/t7-,8?,9-,10?,11?,12?,13?,14?,16?/m1/s1. The number of aliphatic hydroxyl groups is 3. The largest absolute Gasteiger partial charge is 0.388 e. The van der Waals surface area contributed by atoms with Crippen LogP contribution in [0, 0.1) is 0 Å². The van der Waals surface area contributed by atoms with Crippen LogP contribution in [0.3, 0.4) is 0 Å². The average Bonchev–Trinajstić information content (AvgIpc) is 2.58. The molecule has 7 nitrogen and oxygen atoms in total. The van der Waals surface area contributed by atoms with Gasteiger partial charge < -0.3 is 30.7 Å². The van der Waals surface area contributed by atoms with E-state index in [0.29, 0.717) is 0 Å². The molecule has 2 aliphatic rings. The molecule has 1 amide bonds. The Labute approximate surface area is 157 Å². The minimum Gasteiger partial charge on any atom is -0.388 e. The molecule has 2 fully saturated rings. The van der Waals surface area contributed by atoms with Crippen molar-refractivity contribution in [3.63, 3.8) is 0 Å². The first-order chi connectivity index (χ1) is 11.8. The highest BCUT2D eigenvalue weighted by Gasteiger charge is 2.48. The molecule has 2 aliphatic heterocycles. The third kappa shape index (κ3) is 5.00. The highest BCUT2D eigenvalue weighted by molar-refractivity contribution is 7.99. The summed E-state index contributed by atoms with van der Waals surface area (Å²) >= 11 is 7.48. The molecule has 2 rings (SSSR count). The van der Waals surface area contributed by atoms with Crippen LogP contribution in [0.2, 0.25) is 0 Å². The van der Waals surface area contributed by atoms with Gasteiger partial charge in [-0.25, -0.2) is 0 Å². The Bertz CT molecular complexity index is 456. The lowest BCUT2D eigenvalue weighted by Gasteiger charge is -2.44. The van der Waals surface area contributed by atoms with Gasteiger partial charge in [0.05, 0.1) is 17.5 Å². The smallest absolute Gasteiger partial charge is 0.237 e. The van der Waals surface area contributed by atoms with E-state index in [1.807, 2.05) is 6.92 Å². The van der Waals surface area contributed by atoms with Crippen LogP contribution >= 0.6 is 23.4 Å². The zero-order valence-corrected chi connectivity index (χ0v) is 16.3. The van der Waals surface area contributed by atoms with Crippen molar-refractivity contribution in [3.8, 4) is 0 Å². The summed E-state index contributed by atoms with van der Waals surface area (Å²) < 4.78 is 5.75. The molecule has 25 heavy (non-hydrogen) atoms. The van der Waals surface area contributed by atoms with E-state index < -0.39 is 41.3 Å². The van der Waals surface area contributed by atoms with Gasteiger partial charge in [-0.05, 0) is 39.4 Å². The van der Waals surface area contributed by atoms with E-state index in [-0.39, 0.29) is 18.0 Å². The molecule has 0 radical (unpaired) electrons. The number of hydrogen-bond acceptors (Lipinski definition) is 7. The number of thioether (sulfide) groups is 1. The molecule has 146 valence electrons. The minimum atomic E-state index is -1.36. The van der Waals surface area contributed by atoms with Crippen LogP contribution in [0.4, 0.5) is 0 Å². The van der Waals surface area contributed by atoms with E-state index in [4.69, 9.17) is 16.3 Å². The maximum atomic E-state index is 12.6. The Morgan fingerprint density at radius 2 is 1.96 bits per heavy atom. The quantitative estimate of drug-likeness (QED) is 0.409.